The quantitative estimate of drug-likeness (QED) is 0.275. The van der Waals surface area contributed by atoms with E-state index in [0.29, 0.717) is 5.39 Å². The maximum absolute atomic E-state index is 13.2. The van der Waals surface area contributed by atoms with Crippen LogP contribution in [0.3, 0.4) is 0 Å². The van der Waals surface area contributed by atoms with Gasteiger partial charge in [0.15, 0.2) is 0 Å². The number of carbonyl (C=O) groups excluding carboxylic acids is 2. The number of urea groups is 1. The summed E-state index contributed by atoms with van der Waals surface area (Å²) in [6.45, 7) is 3.27. The topological polar surface area (TPSA) is 129 Å². The van der Waals surface area contributed by atoms with Crippen molar-refractivity contribution >= 4 is 59.5 Å². The Morgan fingerprint density at radius 2 is 1.73 bits per heavy atom. The van der Waals surface area contributed by atoms with Crippen molar-refractivity contribution in [2.75, 3.05) is 25.6 Å². The molecule has 0 bridgehead atoms. The van der Waals surface area contributed by atoms with E-state index in [-0.39, 0.29) is 51.9 Å². The minimum absolute atomic E-state index is 0.0155. The summed E-state index contributed by atoms with van der Waals surface area (Å²) in [4.78, 5) is 30.0. The highest BCUT2D eigenvalue weighted by Crippen LogP contribution is 2.43. The average molecular weight is 516 g/mol. The van der Waals surface area contributed by atoms with Crippen LogP contribution in [0.5, 0.6) is 5.88 Å². The summed E-state index contributed by atoms with van der Waals surface area (Å²) >= 11 is 12.0. The minimum atomic E-state index is -3.92. The molecule has 0 saturated heterocycles. The van der Waals surface area contributed by atoms with Gasteiger partial charge in [-0.2, -0.15) is 4.98 Å². The first kappa shape index (κ1) is 25.0. The Labute approximate surface area is 199 Å². The molecule has 2 aromatic heterocycles. The molecule has 0 fully saturated rings. The Bertz CT molecular complexity index is 1220. The van der Waals surface area contributed by atoms with Crippen LogP contribution < -0.4 is 15.1 Å². The van der Waals surface area contributed by atoms with Crippen molar-refractivity contribution in [1.29, 1.82) is 0 Å². The van der Waals surface area contributed by atoms with Gasteiger partial charge >= 0.3 is 13.8 Å². The van der Waals surface area contributed by atoms with E-state index in [1.165, 1.54) is 31.4 Å². The number of methoxy groups -OCH3 is 1. The second kappa shape index (κ2) is 10.5. The number of hydrogen-bond donors (Lipinski definition) is 2. The van der Waals surface area contributed by atoms with E-state index in [4.69, 9.17) is 41.4 Å². The molecular formula is C20H20Cl2N3O7P. The van der Waals surface area contributed by atoms with Crippen LogP contribution in [0.2, 0.25) is 10.0 Å². The van der Waals surface area contributed by atoms with Gasteiger partial charge in [-0.1, -0.05) is 23.2 Å². The number of aromatic nitrogens is 1. The average Bonchev–Trinajstić information content (AvgIpc) is 3.09. The SMILES string of the molecule is CCOP(=O)(NC(=O)Nc1c(C(=O)c2cc(Cl)cc(Cl)c2)oc2nc(OC)ccc12)OCC. The predicted molar refractivity (Wildman–Crippen MR) is 123 cm³/mol. The molecule has 2 heterocycles. The summed E-state index contributed by atoms with van der Waals surface area (Å²) in [5.41, 5.74) is 0.133. The van der Waals surface area contributed by atoms with Crippen molar-refractivity contribution in [2.24, 2.45) is 0 Å². The number of pyridine rings is 1. The molecule has 1 aromatic carbocycles. The van der Waals surface area contributed by atoms with Crippen LogP contribution in [0.4, 0.5) is 10.5 Å². The Kier molecular flexibility index (Phi) is 7.99. The van der Waals surface area contributed by atoms with Crippen molar-refractivity contribution in [1.82, 2.24) is 10.1 Å². The number of hydrogen-bond acceptors (Lipinski definition) is 8. The fourth-order valence-electron chi connectivity index (χ4n) is 2.88. The molecule has 0 aliphatic rings. The first-order valence-electron chi connectivity index (χ1n) is 9.66. The number of ketones is 1. The molecule has 0 radical (unpaired) electrons. The summed E-state index contributed by atoms with van der Waals surface area (Å²) in [7, 11) is -2.51. The summed E-state index contributed by atoms with van der Waals surface area (Å²) in [5, 5.41) is 5.42. The number of furan rings is 1. The summed E-state index contributed by atoms with van der Waals surface area (Å²) < 4.78 is 33.5. The summed E-state index contributed by atoms with van der Waals surface area (Å²) in [6.07, 6.45) is 0. The van der Waals surface area contributed by atoms with E-state index in [1.807, 2.05) is 0 Å². The Hall–Kier alpha value is -2.62. The van der Waals surface area contributed by atoms with Crippen molar-refractivity contribution in [3.8, 4) is 5.88 Å². The summed E-state index contributed by atoms with van der Waals surface area (Å²) in [5.74, 6) is -0.638. The molecule has 176 valence electrons. The van der Waals surface area contributed by atoms with Gasteiger partial charge in [-0.3, -0.25) is 13.8 Å². The van der Waals surface area contributed by atoms with Crippen LogP contribution in [0.15, 0.2) is 34.7 Å². The number of carbonyl (C=O) groups is 2. The molecule has 0 saturated carbocycles. The molecule has 10 nitrogen and oxygen atoms in total. The zero-order chi connectivity index (χ0) is 24.2. The van der Waals surface area contributed by atoms with Gasteiger partial charge in [0.2, 0.25) is 23.1 Å². The second-order valence-corrected chi connectivity index (χ2v) is 9.01. The van der Waals surface area contributed by atoms with Crippen molar-refractivity contribution in [2.45, 2.75) is 13.8 Å². The lowest BCUT2D eigenvalue weighted by Gasteiger charge is -2.17. The molecule has 0 aliphatic carbocycles. The number of nitrogens with zero attached hydrogens (tertiary/aromatic N) is 1. The number of anilines is 1. The number of amides is 2. The predicted octanol–water partition coefficient (Wildman–Crippen LogP) is 5.68. The third kappa shape index (κ3) is 5.85. The normalized spacial score (nSPS) is 11.4. The Morgan fingerprint density at radius 3 is 2.30 bits per heavy atom. The van der Waals surface area contributed by atoms with E-state index in [9.17, 15) is 14.2 Å². The first-order valence-corrected chi connectivity index (χ1v) is 12.0. The fourth-order valence-corrected chi connectivity index (χ4v) is 4.60. The van der Waals surface area contributed by atoms with Crippen LogP contribution in [-0.2, 0) is 13.6 Å². The molecule has 2 N–H and O–H groups in total. The molecule has 0 atom stereocenters. The van der Waals surface area contributed by atoms with Crippen molar-refractivity contribution in [3.05, 3.63) is 51.7 Å². The maximum atomic E-state index is 13.2. The zero-order valence-corrected chi connectivity index (χ0v) is 20.2. The van der Waals surface area contributed by atoms with Gasteiger partial charge < -0.3 is 14.5 Å². The summed E-state index contributed by atoms with van der Waals surface area (Å²) in [6, 6.07) is 6.40. The number of fused-ring (bicyclic) bond motifs is 1. The highest BCUT2D eigenvalue weighted by Gasteiger charge is 2.30. The molecule has 0 aliphatic heterocycles. The van der Waals surface area contributed by atoms with E-state index in [1.54, 1.807) is 19.9 Å². The highest BCUT2D eigenvalue weighted by atomic mass is 35.5. The van der Waals surface area contributed by atoms with Gasteiger partial charge in [-0.25, -0.2) is 14.4 Å². The van der Waals surface area contributed by atoms with Crippen molar-refractivity contribution in [3.63, 3.8) is 0 Å². The molecule has 13 heteroatoms. The monoisotopic (exact) mass is 515 g/mol. The first-order chi connectivity index (χ1) is 15.7. The standard InChI is InChI=1S/C20H20Cl2N3O7P/c1-4-30-33(28,31-5-2)25-20(27)24-16-14-6-7-15(29-3)23-19(14)32-18(16)17(26)11-8-12(21)10-13(22)9-11/h6-10H,4-5H2,1-3H3,(H2,24,25,27,28). The molecule has 3 aromatic rings. The van der Waals surface area contributed by atoms with E-state index in [2.05, 4.69) is 15.4 Å². The Morgan fingerprint density at radius 1 is 1.09 bits per heavy atom. The molecule has 2 amide bonds. The van der Waals surface area contributed by atoms with Gasteiger partial charge in [0.1, 0.15) is 5.69 Å². The lowest BCUT2D eigenvalue weighted by molar-refractivity contribution is 0.101. The maximum Gasteiger partial charge on any atom is 0.436 e. The van der Waals surface area contributed by atoms with Crippen LogP contribution in [0.1, 0.15) is 30.0 Å². The van der Waals surface area contributed by atoms with E-state index >= 15 is 0 Å². The molecular weight excluding hydrogens is 496 g/mol. The molecule has 0 unspecified atom stereocenters. The number of benzene rings is 1. The largest absolute Gasteiger partial charge is 0.481 e. The Balaban J connectivity index is 2.04. The van der Waals surface area contributed by atoms with Crippen LogP contribution in [-0.4, -0.2) is 37.1 Å². The fraction of sp³-hybridized carbons (Fsp3) is 0.250. The van der Waals surface area contributed by atoms with Gasteiger partial charge in [0.05, 0.1) is 25.7 Å². The smallest absolute Gasteiger partial charge is 0.436 e. The van der Waals surface area contributed by atoms with Gasteiger partial charge in [-0.15, -0.1) is 0 Å². The minimum Gasteiger partial charge on any atom is -0.481 e. The van der Waals surface area contributed by atoms with Crippen LogP contribution in [0, 0.1) is 0 Å². The molecule has 33 heavy (non-hydrogen) atoms. The lowest BCUT2D eigenvalue weighted by atomic mass is 10.1. The molecule has 0 spiro atoms. The third-order valence-corrected chi connectivity index (χ3v) is 6.25. The van der Waals surface area contributed by atoms with Crippen molar-refractivity contribution < 1.29 is 32.4 Å². The van der Waals surface area contributed by atoms with Crippen LogP contribution >= 0.6 is 30.9 Å². The van der Waals surface area contributed by atoms with Gasteiger partial charge in [0.25, 0.3) is 0 Å². The number of nitrogens with one attached hydrogen (secondary N) is 2. The lowest BCUT2D eigenvalue weighted by Crippen LogP contribution is -2.28. The van der Waals surface area contributed by atoms with E-state index < -0.39 is 19.6 Å². The van der Waals surface area contributed by atoms with Gasteiger partial charge in [0, 0.05) is 21.7 Å². The number of ether oxygens (including phenoxy) is 1. The third-order valence-electron chi connectivity index (χ3n) is 4.15. The number of halogens is 2. The van der Waals surface area contributed by atoms with Gasteiger partial charge in [-0.05, 0) is 38.1 Å². The second-order valence-electron chi connectivity index (χ2n) is 6.40. The van der Waals surface area contributed by atoms with Crippen LogP contribution in [0.25, 0.3) is 11.1 Å². The highest BCUT2D eigenvalue weighted by molar-refractivity contribution is 7.52. The zero-order valence-electron chi connectivity index (χ0n) is 17.8. The number of rotatable bonds is 9. The molecule has 3 rings (SSSR count). The van der Waals surface area contributed by atoms with E-state index in [0.717, 1.165) is 0 Å².